The standard InChI is InChI=1S/C12H23NO2/c1-9(10-5-3-4-6-10)7-8-11(13)12(14)15-2/h9-11H,3-8,13H2,1-2H3. The Morgan fingerprint density at radius 3 is 2.53 bits per heavy atom. The van der Waals surface area contributed by atoms with Gasteiger partial charge in [-0.1, -0.05) is 32.6 Å². The van der Waals surface area contributed by atoms with E-state index in [2.05, 4.69) is 11.7 Å². The maximum Gasteiger partial charge on any atom is 0.322 e. The van der Waals surface area contributed by atoms with Crippen LogP contribution < -0.4 is 5.73 Å². The van der Waals surface area contributed by atoms with Crippen molar-refractivity contribution in [1.29, 1.82) is 0 Å². The van der Waals surface area contributed by atoms with E-state index in [0.29, 0.717) is 5.92 Å². The Morgan fingerprint density at radius 2 is 2.00 bits per heavy atom. The van der Waals surface area contributed by atoms with Crippen LogP contribution in [0.25, 0.3) is 0 Å². The number of methoxy groups -OCH3 is 1. The SMILES string of the molecule is COC(=O)C(N)CCC(C)C1CCCC1. The third-order valence-corrected chi connectivity index (χ3v) is 3.64. The van der Waals surface area contributed by atoms with Crippen LogP contribution in [0.1, 0.15) is 45.4 Å². The second kappa shape index (κ2) is 6.11. The Labute approximate surface area is 92.4 Å². The Morgan fingerprint density at radius 1 is 1.40 bits per heavy atom. The van der Waals surface area contributed by atoms with Crippen molar-refractivity contribution in [3.63, 3.8) is 0 Å². The second-order valence-corrected chi connectivity index (χ2v) is 4.73. The van der Waals surface area contributed by atoms with Gasteiger partial charge in [-0.05, 0) is 24.7 Å². The van der Waals surface area contributed by atoms with Gasteiger partial charge in [-0.2, -0.15) is 0 Å². The van der Waals surface area contributed by atoms with Crippen molar-refractivity contribution in [1.82, 2.24) is 0 Å². The highest BCUT2D eigenvalue weighted by molar-refractivity contribution is 5.75. The second-order valence-electron chi connectivity index (χ2n) is 4.73. The molecule has 0 radical (unpaired) electrons. The van der Waals surface area contributed by atoms with E-state index in [-0.39, 0.29) is 5.97 Å². The molecule has 1 saturated carbocycles. The zero-order valence-corrected chi connectivity index (χ0v) is 9.87. The fraction of sp³-hybridized carbons (Fsp3) is 0.917. The van der Waals surface area contributed by atoms with Gasteiger partial charge in [-0.3, -0.25) is 4.79 Å². The maximum absolute atomic E-state index is 11.1. The minimum atomic E-state index is -0.432. The third kappa shape index (κ3) is 3.82. The summed E-state index contributed by atoms with van der Waals surface area (Å²) in [5.41, 5.74) is 5.70. The molecule has 0 aliphatic heterocycles. The van der Waals surface area contributed by atoms with Crippen molar-refractivity contribution in [2.24, 2.45) is 17.6 Å². The summed E-state index contributed by atoms with van der Waals surface area (Å²) in [4.78, 5) is 11.1. The van der Waals surface area contributed by atoms with E-state index in [1.165, 1.54) is 32.8 Å². The number of esters is 1. The first-order chi connectivity index (χ1) is 7.15. The summed E-state index contributed by atoms with van der Waals surface area (Å²) in [6, 6.07) is -0.432. The monoisotopic (exact) mass is 213 g/mol. The van der Waals surface area contributed by atoms with E-state index in [1.54, 1.807) is 0 Å². The van der Waals surface area contributed by atoms with Gasteiger partial charge in [0, 0.05) is 0 Å². The molecular weight excluding hydrogens is 190 g/mol. The molecule has 1 aliphatic carbocycles. The van der Waals surface area contributed by atoms with Gasteiger partial charge in [0.05, 0.1) is 7.11 Å². The molecular formula is C12H23NO2. The molecule has 2 atom stereocenters. The number of hydrogen-bond donors (Lipinski definition) is 1. The number of carbonyl (C=O) groups excluding carboxylic acids is 1. The molecule has 1 fully saturated rings. The summed E-state index contributed by atoms with van der Waals surface area (Å²) < 4.78 is 4.61. The molecule has 0 aromatic heterocycles. The lowest BCUT2D eigenvalue weighted by Gasteiger charge is -2.19. The van der Waals surface area contributed by atoms with Crippen LogP contribution in [0.3, 0.4) is 0 Å². The molecule has 1 rings (SSSR count). The van der Waals surface area contributed by atoms with Crippen molar-refractivity contribution in [2.45, 2.75) is 51.5 Å². The molecule has 3 nitrogen and oxygen atoms in total. The Hall–Kier alpha value is -0.570. The highest BCUT2D eigenvalue weighted by Gasteiger charge is 2.23. The lowest BCUT2D eigenvalue weighted by molar-refractivity contribution is -0.142. The first kappa shape index (κ1) is 12.5. The van der Waals surface area contributed by atoms with E-state index < -0.39 is 6.04 Å². The molecule has 2 N–H and O–H groups in total. The summed E-state index contributed by atoms with van der Waals surface area (Å²) >= 11 is 0. The van der Waals surface area contributed by atoms with Gasteiger partial charge in [-0.15, -0.1) is 0 Å². The van der Waals surface area contributed by atoms with Gasteiger partial charge in [0.2, 0.25) is 0 Å². The molecule has 0 aromatic carbocycles. The van der Waals surface area contributed by atoms with Crippen LogP contribution in [-0.4, -0.2) is 19.1 Å². The number of carbonyl (C=O) groups is 1. The van der Waals surface area contributed by atoms with E-state index in [4.69, 9.17) is 5.73 Å². The van der Waals surface area contributed by atoms with Crippen molar-refractivity contribution in [2.75, 3.05) is 7.11 Å². The van der Waals surface area contributed by atoms with Crippen LogP contribution in [0, 0.1) is 11.8 Å². The van der Waals surface area contributed by atoms with Gasteiger partial charge in [0.1, 0.15) is 6.04 Å². The van der Waals surface area contributed by atoms with Gasteiger partial charge in [0.25, 0.3) is 0 Å². The van der Waals surface area contributed by atoms with Gasteiger partial charge >= 0.3 is 5.97 Å². The topological polar surface area (TPSA) is 52.3 Å². The minimum Gasteiger partial charge on any atom is -0.468 e. The predicted molar refractivity (Wildman–Crippen MR) is 60.3 cm³/mol. The van der Waals surface area contributed by atoms with Crippen LogP contribution in [0.15, 0.2) is 0 Å². The lowest BCUT2D eigenvalue weighted by Crippen LogP contribution is -2.32. The normalized spacial score (nSPS) is 21.3. The molecule has 2 unspecified atom stereocenters. The molecule has 0 amide bonds. The van der Waals surface area contributed by atoms with Crippen LogP contribution >= 0.6 is 0 Å². The van der Waals surface area contributed by atoms with Crippen molar-refractivity contribution in [3.05, 3.63) is 0 Å². The molecule has 15 heavy (non-hydrogen) atoms. The van der Waals surface area contributed by atoms with Crippen molar-refractivity contribution >= 4 is 5.97 Å². The summed E-state index contributed by atoms with van der Waals surface area (Å²) in [5, 5.41) is 0. The highest BCUT2D eigenvalue weighted by atomic mass is 16.5. The molecule has 0 bridgehead atoms. The third-order valence-electron chi connectivity index (χ3n) is 3.64. The zero-order valence-electron chi connectivity index (χ0n) is 9.87. The van der Waals surface area contributed by atoms with E-state index in [9.17, 15) is 4.79 Å². The highest BCUT2D eigenvalue weighted by Crippen LogP contribution is 2.33. The minimum absolute atomic E-state index is 0.284. The number of nitrogens with two attached hydrogens (primary N) is 1. The largest absolute Gasteiger partial charge is 0.468 e. The fourth-order valence-corrected chi connectivity index (χ4v) is 2.47. The number of hydrogen-bond acceptors (Lipinski definition) is 3. The van der Waals surface area contributed by atoms with E-state index in [0.717, 1.165) is 18.8 Å². The molecule has 0 aromatic rings. The smallest absolute Gasteiger partial charge is 0.322 e. The summed E-state index contributed by atoms with van der Waals surface area (Å²) in [6.45, 7) is 2.28. The van der Waals surface area contributed by atoms with Crippen LogP contribution in [0.5, 0.6) is 0 Å². The van der Waals surface area contributed by atoms with Crippen LogP contribution in [-0.2, 0) is 9.53 Å². The summed E-state index contributed by atoms with van der Waals surface area (Å²) in [7, 11) is 1.39. The Balaban J connectivity index is 2.20. The average Bonchev–Trinajstić information content (AvgIpc) is 2.77. The Bertz CT molecular complexity index is 200. The Kier molecular flexibility index (Phi) is 5.09. The molecule has 3 heteroatoms. The van der Waals surface area contributed by atoms with Gasteiger partial charge in [-0.25, -0.2) is 0 Å². The molecule has 88 valence electrons. The van der Waals surface area contributed by atoms with Gasteiger partial charge in [0.15, 0.2) is 0 Å². The van der Waals surface area contributed by atoms with Gasteiger partial charge < -0.3 is 10.5 Å². The van der Waals surface area contributed by atoms with Crippen LogP contribution in [0.2, 0.25) is 0 Å². The summed E-state index contributed by atoms with van der Waals surface area (Å²) in [5.74, 6) is 1.27. The van der Waals surface area contributed by atoms with E-state index >= 15 is 0 Å². The molecule has 0 saturated heterocycles. The first-order valence-electron chi connectivity index (χ1n) is 5.98. The van der Waals surface area contributed by atoms with Crippen molar-refractivity contribution < 1.29 is 9.53 Å². The summed E-state index contributed by atoms with van der Waals surface area (Å²) in [6.07, 6.45) is 7.25. The van der Waals surface area contributed by atoms with Crippen LogP contribution in [0.4, 0.5) is 0 Å². The maximum atomic E-state index is 11.1. The quantitative estimate of drug-likeness (QED) is 0.711. The van der Waals surface area contributed by atoms with E-state index in [1.807, 2.05) is 0 Å². The number of rotatable bonds is 5. The first-order valence-corrected chi connectivity index (χ1v) is 5.98. The predicted octanol–water partition coefficient (Wildman–Crippen LogP) is 2.09. The molecule has 0 spiro atoms. The lowest BCUT2D eigenvalue weighted by atomic mass is 9.88. The number of ether oxygens (including phenoxy) is 1. The molecule has 1 aliphatic rings. The average molecular weight is 213 g/mol. The zero-order chi connectivity index (χ0) is 11.3. The molecule has 0 heterocycles. The fourth-order valence-electron chi connectivity index (χ4n) is 2.47. The van der Waals surface area contributed by atoms with Crippen molar-refractivity contribution in [3.8, 4) is 0 Å².